The first-order valence-corrected chi connectivity index (χ1v) is 14.4. The van der Waals surface area contributed by atoms with Crippen LogP contribution >= 0.6 is 0 Å². The van der Waals surface area contributed by atoms with Crippen molar-refractivity contribution in [3.8, 4) is 23.0 Å². The van der Waals surface area contributed by atoms with Crippen LogP contribution in [0.2, 0.25) is 0 Å². The number of hydrogen-bond acceptors (Lipinski definition) is 8. The SMILES string of the molecule is CCCCOc1cc(/C=C(/OCC)C(=O)O)ccc1OCCc1ccc(OS(=O)(=O)CCCC)cc1OC. The minimum atomic E-state index is -3.66. The van der Waals surface area contributed by atoms with Crippen molar-refractivity contribution >= 4 is 22.2 Å². The summed E-state index contributed by atoms with van der Waals surface area (Å²) in [6.45, 7) is 6.73. The number of carboxylic acids is 1. The highest BCUT2D eigenvalue weighted by atomic mass is 32.2. The summed E-state index contributed by atoms with van der Waals surface area (Å²) in [7, 11) is -2.15. The number of ether oxygens (including phenoxy) is 4. The zero-order valence-electron chi connectivity index (χ0n) is 22.5. The molecule has 0 bridgehead atoms. The molecule has 0 unspecified atom stereocenters. The number of methoxy groups -OCH3 is 1. The first-order chi connectivity index (χ1) is 18.2. The molecule has 10 heteroatoms. The van der Waals surface area contributed by atoms with E-state index in [9.17, 15) is 18.3 Å². The van der Waals surface area contributed by atoms with E-state index in [1.165, 1.54) is 13.2 Å². The van der Waals surface area contributed by atoms with Gasteiger partial charge in [0.15, 0.2) is 11.5 Å². The number of carbonyl (C=O) groups is 1. The van der Waals surface area contributed by atoms with Crippen LogP contribution in [-0.4, -0.2) is 52.2 Å². The molecule has 0 aliphatic heterocycles. The lowest BCUT2D eigenvalue weighted by Gasteiger charge is -2.15. The van der Waals surface area contributed by atoms with Crippen molar-refractivity contribution in [2.75, 3.05) is 32.7 Å². The Morgan fingerprint density at radius 3 is 2.32 bits per heavy atom. The van der Waals surface area contributed by atoms with Gasteiger partial charge in [-0.2, -0.15) is 8.42 Å². The second-order valence-corrected chi connectivity index (χ2v) is 10.1. The van der Waals surface area contributed by atoms with Crippen molar-refractivity contribution in [3.63, 3.8) is 0 Å². The number of hydrogen-bond donors (Lipinski definition) is 1. The topological polar surface area (TPSA) is 118 Å². The zero-order chi connectivity index (χ0) is 28.0. The molecule has 2 aromatic rings. The molecular formula is C28H38O9S. The van der Waals surface area contributed by atoms with Gasteiger partial charge in [-0.05, 0) is 55.2 Å². The van der Waals surface area contributed by atoms with Gasteiger partial charge < -0.3 is 28.2 Å². The summed E-state index contributed by atoms with van der Waals surface area (Å²) in [5.74, 6) is 0.373. The smallest absolute Gasteiger partial charge is 0.371 e. The van der Waals surface area contributed by atoms with Crippen LogP contribution in [0.5, 0.6) is 23.0 Å². The van der Waals surface area contributed by atoms with Crippen LogP contribution in [0.3, 0.4) is 0 Å². The molecule has 0 atom stereocenters. The van der Waals surface area contributed by atoms with Crippen molar-refractivity contribution < 1.29 is 41.4 Å². The molecule has 38 heavy (non-hydrogen) atoms. The summed E-state index contributed by atoms with van der Waals surface area (Å²) >= 11 is 0. The average molecular weight is 551 g/mol. The number of benzene rings is 2. The van der Waals surface area contributed by atoms with Crippen LogP contribution in [0, 0.1) is 0 Å². The Balaban J connectivity index is 2.15. The van der Waals surface area contributed by atoms with E-state index in [0.717, 1.165) is 24.8 Å². The quantitative estimate of drug-likeness (QED) is 0.112. The fourth-order valence-electron chi connectivity index (χ4n) is 3.41. The summed E-state index contributed by atoms with van der Waals surface area (Å²) in [4.78, 5) is 11.4. The Hall–Kier alpha value is -3.40. The molecule has 2 aromatic carbocycles. The predicted molar refractivity (Wildman–Crippen MR) is 146 cm³/mol. The second-order valence-electron chi connectivity index (χ2n) is 8.43. The minimum Gasteiger partial charge on any atom is -0.496 e. The molecular weight excluding hydrogens is 512 g/mol. The van der Waals surface area contributed by atoms with E-state index < -0.39 is 16.1 Å². The molecule has 1 N–H and O–H groups in total. The molecule has 0 radical (unpaired) electrons. The van der Waals surface area contributed by atoms with Crippen LogP contribution in [0.25, 0.3) is 6.08 Å². The molecule has 9 nitrogen and oxygen atoms in total. The fraction of sp³-hybridized carbons (Fsp3) is 0.464. The highest BCUT2D eigenvalue weighted by Gasteiger charge is 2.15. The molecule has 0 heterocycles. The fourth-order valence-corrected chi connectivity index (χ4v) is 4.53. The second kappa shape index (κ2) is 15.8. The van der Waals surface area contributed by atoms with E-state index in [-0.39, 0.29) is 23.9 Å². The van der Waals surface area contributed by atoms with Crippen molar-refractivity contribution in [1.82, 2.24) is 0 Å². The molecule has 0 saturated carbocycles. The summed E-state index contributed by atoms with van der Waals surface area (Å²) in [5.41, 5.74) is 1.43. The van der Waals surface area contributed by atoms with E-state index in [0.29, 0.717) is 48.9 Å². The van der Waals surface area contributed by atoms with Gasteiger partial charge in [0.05, 0.1) is 32.7 Å². The Morgan fingerprint density at radius 1 is 0.921 bits per heavy atom. The first kappa shape index (κ1) is 30.8. The van der Waals surface area contributed by atoms with Gasteiger partial charge in [0.25, 0.3) is 0 Å². The molecule has 210 valence electrons. The van der Waals surface area contributed by atoms with Gasteiger partial charge in [0, 0.05) is 12.5 Å². The number of aliphatic carboxylic acids is 1. The monoisotopic (exact) mass is 550 g/mol. The first-order valence-electron chi connectivity index (χ1n) is 12.8. The molecule has 0 aliphatic carbocycles. The highest BCUT2D eigenvalue weighted by molar-refractivity contribution is 7.87. The van der Waals surface area contributed by atoms with Gasteiger partial charge in [-0.15, -0.1) is 0 Å². The number of carboxylic acid groups (broad SMARTS) is 1. The van der Waals surface area contributed by atoms with Gasteiger partial charge in [-0.1, -0.05) is 38.8 Å². The van der Waals surface area contributed by atoms with E-state index in [1.807, 2.05) is 6.92 Å². The van der Waals surface area contributed by atoms with E-state index in [4.69, 9.17) is 23.1 Å². The molecule has 0 spiro atoms. The van der Waals surface area contributed by atoms with Crippen molar-refractivity contribution in [3.05, 3.63) is 53.3 Å². The van der Waals surface area contributed by atoms with Crippen LogP contribution in [-0.2, 0) is 26.1 Å². The Labute approximate surface area is 225 Å². The maximum atomic E-state index is 12.1. The van der Waals surface area contributed by atoms with E-state index in [1.54, 1.807) is 43.3 Å². The molecule has 0 aromatic heterocycles. The summed E-state index contributed by atoms with van der Waals surface area (Å²) in [6.07, 6.45) is 5.03. The molecule has 0 amide bonds. The lowest BCUT2D eigenvalue weighted by molar-refractivity contribution is -0.136. The maximum Gasteiger partial charge on any atom is 0.371 e. The van der Waals surface area contributed by atoms with E-state index in [2.05, 4.69) is 6.92 Å². The Bertz CT molecular complexity index is 1170. The highest BCUT2D eigenvalue weighted by Crippen LogP contribution is 2.31. The molecule has 0 saturated heterocycles. The largest absolute Gasteiger partial charge is 0.496 e. The van der Waals surface area contributed by atoms with Gasteiger partial charge in [0.2, 0.25) is 5.76 Å². The lowest BCUT2D eigenvalue weighted by atomic mass is 10.1. The van der Waals surface area contributed by atoms with Gasteiger partial charge in [-0.3, -0.25) is 0 Å². The summed E-state index contributed by atoms with van der Waals surface area (Å²) in [5, 5.41) is 9.34. The third-order valence-electron chi connectivity index (χ3n) is 5.39. The Morgan fingerprint density at radius 2 is 1.66 bits per heavy atom. The molecule has 2 rings (SSSR count). The normalized spacial score (nSPS) is 11.6. The van der Waals surface area contributed by atoms with Crippen molar-refractivity contribution in [1.29, 1.82) is 0 Å². The van der Waals surface area contributed by atoms with Crippen LogP contribution in [0.15, 0.2) is 42.2 Å². The maximum absolute atomic E-state index is 12.1. The van der Waals surface area contributed by atoms with Crippen LogP contribution in [0.1, 0.15) is 57.6 Å². The Kier molecular flexibility index (Phi) is 12.8. The van der Waals surface area contributed by atoms with Crippen LogP contribution in [0.4, 0.5) is 0 Å². The standard InChI is InChI=1S/C28H38O9S/c1-5-8-15-35-26-18-21(19-27(28(29)30)34-7-3)10-13-24(26)36-16-14-22-11-12-23(20-25(22)33-4)37-38(31,32)17-9-6-2/h10-13,18-20H,5-9,14-17H2,1-4H3,(H,29,30)/b27-19+. The van der Waals surface area contributed by atoms with Crippen molar-refractivity contribution in [2.45, 2.75) is 52.9 Å². The molecule has 0 aliphatic rings. The summed E-state index contributed by atoms with van der Waals surface area (Å²) in [6, 6.07) is 10.1. The van der Waals surface area contributed by atoms with Crippen molar-refractivity contribution in [2.24, 2.45) is 0 Å². The third-order valence-corrected chi connectivity index (χ3v) is 6.63. The summed E-state index contributed by atoms with van der Waals surface area (Å²) < 4.78 is 52.0. The van der Waals surface area contributed by atoms with E-state index >= 15 is 0 Å². The zero-order valence-corrected chi connectivity index (χ0v) is 23.3. The van der Waals surface area contributed by atoms with Gasteiger partial charge in [0.1, 0.15) is 11.5 Å². The minimum absolute atomic E-state index is 0.0398. The van der Waals surface area contributed by atoms with Gasteiger partial charge in [-0.25, -0.2) is 4.79 Å². The molecule has 0 fully saturated rings. The lowest BCUT2D eigenvalue weighted by Crippen LogP contribution is -2.13. The predicted octanol–water partition coefficient (Wildman–Crippen LogP) is 5.47. The third kappa shape index (κ3) is 10.2. The average Bonchev–Trinajstić information content (AvgIpc) is 2.88. The van der Waals surface area contributed by atoms with Gasteiger partial charge >= 0.3 is 16.1 Å². The van der Waals surface area contributed by atoms with Crippen LogP contribution < -0.4 is 18.4 Å². The number of unbranched alkanes of at least 4 members (excludes halogenated alkanes) is 2. The number of rotatable bonds is 18.